The van der Waals surface area contributed by atoms with Gasteiger partial charge in [0.2, 0.25) is 5.95 Å². The molecular formula is C29H38N8O2. The topological polar surface area (TPSA) is 114 Å². The van der Waals surface area contributed by atoms with E-state index in [1.165, 1.54) is 12.8 Å². The molecule has 206 valence electrons. The number of carbonyl (C=O) groups is 1. The fourth-order valence-electron chi connectivity index (χ4n) is 5.75. The lowest BCUT2D eigenvalue weighted by atomic mass is 9.71. The fraction of sp³-hybridized carbons (Fsp3) is 0.483. The first-order valence-corrected chi connectivity index (χ1v) is 13.6. The Bertz CT molecular complexity index is 1450. The van der Waals surface area contributed by atoms with Crippen LogP contribution in [0.2, 0.25) is 0 Å². The number of fused-ring (bicyclic) bond motifs is 1. The molecule has 10 nitrogen and oxygen atoms in total. The monoisotopic (exact) mass is 530 g/mol. The molecule has 1 aliphatic carbocycles. The number of nitrogens with zero attached hydrogens (tertiary/aromatic N) is 6. The van der Waals surface area contributed by atoms with Gasteiger partial charge >= 0.3 is 0 Å². The lowest BCUT2D eigenvalue weighted by Crippen LogP contribution is -2.41. The third-order valence-corrected chi connectivity index (χ3v) is 8.20. The summed E-state index contributed by atoms with van der Waals surface area (Å²) < 4.78 is 7.65. The lowest BCUT2D eigenvalue weighted by Gasteiger charge is -2.41. The highest BCUT2D eigenvalue weighted by Gasteiger charge is 2.33. The van der Waals surface area contributed by atoms with Gasteiger partial charge in [-0.2, -0.15) is 5.21 Å². The number of aromatic amines is 1. The third-order valence-electron chi connectivity index (χ3n) is 8.20. The molecule has 2 aromatic carbocycles. The van der Waals surface area contributed by atoms with Gasteiger partial charge in [0.1, 0.15) is 5.75 Å². The van der Waals surface area contributed by atoms with E-state index in [4.69, 9.17) is 9.72 Å². The number of hydrogen-bond acceptors (Lipinski definition) is 7. The van der Waals surface area contributed by atoms with Crippen molar-refractivity contribution in [3.63, 3.8) is 0 Å². The van der Waals surface area contributed by atoms with Crippen LogP contribution >= 0.6 is 0 Å². The number of ether oxygens (including phenoxy) is 1. The van der Waals surface area contributed by atoms with E-state index in [1.54, 1.807) is 7.11 Å². The molecule has 1 aliphatic rings. The van der Waals surface area contributed by atoms with Gasteiger partial charge in [-0.15, -0.1) is 5.10 Å². The van der Waals surface area contributed by atoms with Gasteiger partial charge in [-0.1, -0.05) is 31.9 Å². The average Bonchev–Trinajstić information content (AvgIpc) is 3.54. The maximum absolute atomic E-state index is 12.7. The van der Waals surface area contributed by atoms with Crippen LogP contribution in [0.1, 0.15) is 67.9 Å². The first-order valence-electron chi connectivity index (χ1n) is 13.6. The number of benzene rings is 2. The van der Waals surface area contributed by atoms with Crippen molar-refractivity contribution in [3.8, 4) is 5.75 Å². The van der Waals surface area contributed by atoms with Crippen LogP contribution in [0.15, 0.2) is 36.4 Å². The molecule has 1 amide bonds. The number of carbonyl (C=O) groups excluding carboxylic acids is 1. The number of imidazole rings is 1. The van der Waals surface area contributed by atoms with E-state index < -0.39 is 0 Å². The Morgan fingerprint density at radius 2 is 1.92 bits per heavy atom. The summed E-state index contributed by atoms with van der Waals surface area (Å²) in [7, 11) is 3.77. The SMILES string of the molecule is COc1ccc2c(c1)nc(N(Cc1ccc(C(=O)Nc3nn[nH]n3)cc1C)C1CCC(C(C)(C)C)CC1)n2C. The van der Waals surface area contributed by atoms with Gasteiger partial charge in [-0.05, 0) is 84.5 Å². The summed E-state index contributed by atoms with van der Waals surface area (Å²) in [5.74, 6) is 2.36. The maximum atomic E-state index is 12.7. The highest BCUT2D eigenvalue weighted by Crippen LogP contribution is 2.40. The third kappa shape index (κ3) is 5.60. The summed E-state index contributed by atoms with van der Waals surface area (Å²) in [6.45, 7) is 9.82. The molecule has 1 saturated carbocycles. The van der Waals surface area contributed by atoms with E-state index >= 15 is 0 Å². The Balaban J connectivity index is 1.45. The summed E-state index contributed by atoms with van der Waals surface area (Å²) >= 11 is 0. The quantitative estimate of drug-likeness (QED) is 0.335. The zero-order chi connectivity index (χ0) is 27.7. The summed E-state index contributed by atoms with van der Waals surface area (Å²) in [5.41, 5.74) is 5.07. The highest BCUT2D eigenvalue weighted by molar-refractivity contribution is 6.03. The molecule has 5 rings (SSSR count). The van der Waals surface area contributed by atoms with Crippen LogP contribution < -0.4 is 15.0 Å². The number of tetrazole rings is 1. The Kier molecular flexibility index (Phi) is 7.29. The molecule has 0 spiro atoms. The van der Waals surface area contributed by atoms with E-state index in [1.807, 2.05) is 30.3 Å². The van der Waals surface area contributed by atoms with Gasteiger partial charge in [0.25, 0.3) is 11.9 Å². The van der Waals surface area contributed by atoms with Crippen molar-refractivity contribution >= 4 is 28.8 Å². The average molecular weight is 531 g/mol. The van der Waals surface area contributed by atoms with Gasteiger partial charge in [0, 0.05) is 31.3 Å². The summed E-state index contributed by atoms with van der Waals surface area (Å²) in [5, 5.41) is 16.1. The molecule has 1 fully saturated rings. The molecule has 0 atom stereocenters. The normalized spacial score (nSPS) is 17.8. The molecule has 0 saturated heterocycles. The standard InChI is InChI=1S/C29H38N8O2/c1-18-15-19(26(38)31-27-32-34-35-33-27)7-8-20(18)17-37(22-11-9-21(10-12-22)29(2,3)4)28-30-24-16-23(39-6)13-14-25(24)36(28)5/h7-8,13-16,21-22H,9-12,17H2,1-6H3,(H2,31,32,33,34,35,38). The molecule has 0 radical (unpaired) electrons. The molecule has 0 aliphatic heterocycles. The van der Waals surface area contributed by atoms with Gasteiger partial charge in [0.05, 0.1) is 18.1 Å². The van der Waals surface area contributed by atoms with Gasteiger partial charge in [-0.25, -0.2) is 4.98 Å². The molecule has 4 aromatic rings. The smallest absolute Gasteiger partial charge is 0.270 e. The summed E-state index contributed by atoms with van der Waals surface area (Å²) in [4.78, 5) is 20.3. The number of aryl methyl sites for hydroxylation is 2. The molecule has 39 heavy (non-hydrogen) atoms. The van der Waals surface area contributed by atoms with Crippen LogP contribution in [0, 0.1) is 18.3 Å². The number of anilines is 2. The van der Waals surface area contributed by atoms with Crippen LogP contribution in [0.3, 0.4) is 0 Å². The Morgan fingerprint density at radius 3 is 2.56 bits per heavy atom. The van der Waals surface area contributed by atoms with Gasteiger partial charge in [-0.3, -0.25) is 10.1 Å². The molecule has 2 heterocycles. The number of amides is 1. The van der Waals surface area contributed by atoms with E-state index in [-0.39, 0.29) is 11.9 Å². The second kappa shape index (κ2) is 10.7. The van der Waals surface area contributed by atoms with Crippen molar-refractivity contribution in [1.29, 1.82) is 0 Å². The van der Waals surface area contributed by atoms with Crippen molar-refractivity contribution in [1.82, 2.24) is 30.2 Å². The molecule has 2 N–H and O–H groups in total. The van der Waals surface area contributed by atoms with E-state index in [9.17, 15) is 4.79 Å². The van der Waals surface area contributed by atoms with E-state index in [2.05, 4.69) is 76.2 Å². The first-order chi connectivity index (χ1) is 18.6. The van der Waals surface area contributed by atoms with Crippen LogP contribution in [-0.2, 0) is 13.6 Å². The van der Waals surface area contributed by atoms with Gasteiger partial charge < -0.3 is 14.2 Å². The minimum Gasteiger partial charge on any atom is -0.497 e. The Hall–Kier alpha value is -3.95. The minimum atomic E-state index is -0.271. The predicted octanol–water partition coefficient (Wildman–Crippen LogP) is 5.27. The van der Waals surface area contributed by atoms with Crippen LogP contribution in [0.5, 0.6) is 5.75 Å². The van der Waals surface area contributed by atoms with Crippen molar-refractivity contribution in [3.05, 3.63) is 53.1 Å². The molecule has 0 unspecified atom stereocenters. The Labute approximate surface area is 229 Å². The summed E-state index contributed by atoms with van der Waals surface area (Å²) in [6, 6.07) is 12.2. The van der Waals surface area contributed by atoms with Gasteiger partial charge in [0.15, 0.2) is 0 Å². The molecular weight excluding hydrogens is 492 g/mol. The number of rotatable bonds is 7. The van der Waals surface area contributed by atoms with E-state index in [0.29, 0.717) is 23.6 Å². The van der Waals surface area contributed by atoms with Crippen LogP contribution in [0.25, 0.3) is 11.0 Å². The van der Waals surface area contributed by atoms with Crippen molar-refractivity contribution in [2.24, 2.45) is 18.4 Å². The number of aromatic nitrogens is 6. The second-order valence-corrected chi connectivity index (χ2v) is 11.7. The number of nitrogens with one attached hydrogen (secondary N) is 2. The maximum Gasteiger partial charge on any atom is 0.270 e. The second-order valence-electron chi connectivity index (χ2n) is 11.7. The zero-order valence-corrected chi connectivity index (χ0v) is 23.7. The van der Waals surface area contributed by atoms with Crippen molar-refractivity contribution < 1.29 is 9.53 Å². The van der Waals surface area contributed by atoms with Crippen molar-refractivity contribution in [2.75, 3.05) is 17.3 Å². The lowest BCUT2D eigenvalue weighted by molar-refractivity contribution is 0.102. The number of H-pyrrole nitrogens is 1. The van der Waals surface area contributed by atoms with Crippen molar-refractivity contribution in [2.45, 2.75) is 66.0 Å². The predicted molar refractivity (Wildman–Crippen MR) is 152 cm³/mol. The fourth-order valence-corrected chi connectivity index (χ4v) is 5.75. The highest BCUT2D eigenvalue weighted by atomic mass is 16.5. The molecule has 0 bridgehead atoms. The van der Waals surface area contributed by atoms with Crippen LogP contribution in [-0.4, -0.2) is 49.2 Å². The zero-order valence-electron chi connectivity index (χ0n) is 23.7. The molecule has 10 heteroatoms. The largest absolute Gasteiger partial charge is 0.497 e. The number of methoxy groups -OCH3 is 1. The Morgan fingerprint density at radius 1 is 1.15 bits per heavy atom. The number of hydrogen-bond donors (Lipinski definition) is 2. The van der Waals surface area contributed by atoms with E-state index in [0.717, 1.165) is 52.6 Å². The first kappa shape index (κ1) is 26.6. The molecule has 2 aromatic heterocycles. The minimum absolute atomic E-state index is 0.150. The van der Waals surface area contributed by atoms with Crippen LogP contribution in [0.4, 0.5) is 11.9 Å². The summed E-state index contributed by atoms with van der Waals surface area (Å²) in [6.07, 6.45) is 4.66.